The minimum Gasteiger partial charge on any atom is -0.507 e. The highest BCUT2D eigenvalue weighted by Gasteiger charge is 2.34. The van der Waals surface area contributed by atoms with E-state index in [4.69, 9.17) is 23.7 Å². The van der Waals surface area contributed by atoms with Gasteiger partial charge in [0.15, 0.2) is 23.5 Å². The third kappa shape index (κ3) is 4.11. The lowest BCUT2D eigenvalue weighted by Gasteiger charge is -2.26. The average Bonchev–Trinajstić information content (AvgIpc) is 2.86. The van der Waals surface area contributed by atoms with Crippen LogP contribution in [-0.4, -0.2) is 35.9 Å². The first-order valence-corrected chi connectivity index (χ1v) is 11.0. The molecule has 2 N–H and O–H groups in total. The summed E-state index contributed by atoms with van der Waals surface area (Å²) in [7, 11) is 1.41. The van der Waals surface area contributed by atoms with Gasteiger partial charge in [-0.05, 0) is 17.7 Å². The lowest BCUT2D eigenvalue weighted by atomic mass is 9.85. The Morgan fingerprint density at radius 1 is 1.06 bits per heavy atom. The molecule has 0 saturated heterocycles. The summed E-state index contributed by atoms with van der Waals surface area (Å²) in [6.07, 6.45) is -0.0648. The molecule has 5 rings (SSSR count). The van der Waals surface area contributed by atoms with Gasteiger partial charge in [-0.15, -0.1) is 0 Å². The number of aromatic hydroxyl groups is 1. The highest BCUT2D eigenvalue weighted by atomic mass is 16.5. The summed E-state index contributed by atoms with van der Waals surface area (Å²) in [6, 6.07) is 16.4. The summed E-state index contributed by atoms with van der Waals surface area (Å²) in [5.74, 6) is -1.77. The Hall–Kier alpha value is -4.79. The van der Waals surface area contributed by atoms with Crippen LogP contribution in [-0.2, 0) is 9.59 Å². The Labute approximate surface area is 204 Å². The van der Waals surface area contributed by atoms with E-state index in [2.05, 4.69) is 0 Å². The van der Waals surface area contributed by atoms with E-state index in [-0.39, 0.29) is 40.4 Å². The minimum absolute atomic E-state index is 0.0234. The monoisotopic (exact) mass is 488 g/mol. The zero-order valence-corrected chi connectivity index (χ0v) is 19.0. The van der Waals surface area contributed by atoms with Gasteiger partial charge in [0, 0.05) is 29.2 Å². The van der Waals surface area contributed by atoms with Crippen molar-refractivity contribution in [3.63, 3.8) is 0 Å². The molecule has 1 atom stereocenters. The topological polar surface area (TPSA) is 132 Å². The van der Waals surface area contributed by atoms with Crippen LogP contribution in [0.25, 0.3) is 22.3 Å². The maximum atomic E-state index is 13.0. The fourth-order valence-electron chi connectivity index (χ4n) is 4.35. The summed E-state index contributed by atoms with van der Waals surface area (Å²) in [6.45, 7) is -0.550. The zero-order chi connectivity index (χ0) is 25.4. The Balaban J connectivity index is 1.71. The lowest BCUT2D eigenvalue weighted by Crippen LogP contribution is -2.22. The molecule has 1 aliphatic rings. The van der Waals surface area contributed by atoms with E-state index in [1.165, 1.54) is 19.2 Å². The van der Waals surface area contributed by atoms with Gasteiger partial charge in [-0.3, -0.25) is 9.59 Å². The molecule has 4 aromatic rings. The van der Waals surface area contributed by atoms with Gasteiger partial charge in [-0.1, -0.05) is 36.4 Å². The highest BCUT2D eigenvalue weighted by Crippen LogP contribution is 2.47. The Morgan fingerprint density at radius 2 is 1.83 bits per heavy atom. The number of hydrogen-bond donors (Lipinski definition) is 2. The molecule has 0 amide bonds. The molecule has 0 radical (unpaired) electrons. The van der Waals surface area contributed by atoms with Gasteiger partial charge in [0.2, 0.25) is 0 Å². The van der Waals surface area contributed by atoms with E-state index in [0.29, 0.717) is 22.5 Å². The van der Waals surface area contributed by atoms with Gasteiger partial charge in [0.05, 0.1) is 13.5 Å². The number of methoxy groups -OCH3 is 1. The second kappa shape index (κ2) is 9.10. The predicted molar refractivity (Wildman–Crippen MR) is 128 cm³/mol. The SMILES string of the molecule is COc1cc(C2CC(=O)Oc3cc(O)c4c(=O)cc(-c5ccccc5)oc4c32)ccc1OCC(=O)O. The molecule has 9 heteroatoms. The first-order chi connectivity index (χ1) is 17.4. The summed E-state index contributed by atoms with van der Waals surface area (Å²) >= 11 is 0. The molecule has 1 aliphatic heterocycles. The fourth-order valence-corrected chi connectivity index (χ4v) is 4.35. The average molecular weight is 488 g/mol. The van der Waals surface area contributed by atoms with Crippen LogP contribution in [0.4, 0.5) is 0 Å². The largest absolute Gasteiger partial charge is 0.507 e. The van der Waals surface area contributed by atoms with E-state index in [1.54, 1.807) is 30.3 Å². The van der Waals surface area contributed by atoms with E-state index < -0.39 is 29.9 Å². The van der Waals surface area contributed by atoms with Crippen molar-refractivity contribution in [2.24, 2.45) is 0 Å². The molecule has 1 unspecified atom stereocenters. The van der Waals surface area contributed by atoms with Crippen LogP contribution < -0.4 is 19.6 Å². The maximum Gasteiger partial charge on any atom is 0.341 e. The van der Waals surface area contributed by atoms with Crippen molar-refractivity contribution in [1.82, 2.24) is 0 Å². The van der Waals surface area contributed by atoms with Crippen LogP contribution in [0.15, 0.2) is 69.9 Å². The van der Waals surface area contributed by atoms with Gasteiger partial charge in [0.1, 0.15) is 28.2 Å². The number of carbonyl (C=O) groups is 2. The van der Waals surface area contributed by atoms with Crippen molar-refractivity contribution in [2.45, 2.75) is 12.3 Å². The number of hydrogen-bond acceptors (Lipinski definition) is 8. The Bertz CT molecular complexity index is 1550. The molecule has 0 aliphatic carbocycles. The maximum absolute atomic E-state index is 13.0. The third-order valence-electron chi connectivity index (χ3n) is 5.92. The van der Waals surface area contributed by atoms with Crippen molar-refractivity contribution < 1.29 is 38.4 Å². The first-order valence-electron chi connectivity index (χ1n) is 11.0. The number of rotatable bonds is 6. The standard InChI is InChI=1S/C27H20O9/c1-33-21-9-15(7-8-19(21)34-13-23(30)31)16-10-24(32)35-22-12-18(29)26-17(28)11-20(36-27(26)25(16)22)14-5-3-2-4-6-14/h2-9,11-12,16,29H,10,13H2,1H3,(H,30,31). The van der Waals surface area contributed by atoms with Crippen molar-refractivity contribution in [3.05, 3.63) is 82.0 Å². The molecule has 9 nitrogen and oxygen atoms in total. The van der Waals surface area contributed by atoms with E-state index in [0.717, 1.165) is 0 Å². The summed E-state index contributed by atoms with van der Waals surface area (Å²) < 4.78 is 22.2. The molecule has 1 aromatic heterocycles. The quantitative estimate of drug-likeness (QED) is 0.304. The summed E-state index contributed by atoms with van der Waals surface area (Å²) in [4.78, 5) is 36.4. The number of carboxylic acids is 1. The van der Waals surface area contributed by atoms with E-state index in [1.807, 2.05) is 18.2 Å². The molecule has 3 aromatic carbocycles. The second-order valence-electron chi connectivity index (χ2n) is 8.18. The van der Waals surface area contributed by atoms with E-state index in [9.17, 15) is 19.5 Å². The van der Waals surface area contributed by atoms with Crippen molar-refractivity contribution >= 4 is 22.9 Å². The summed E-state index contributed by atoms with van der Waals surface area (Å²) in [5.41, 5.74) is 1.38. The van der Waals surface area contributed by atoms with Gasteiger partial charge < -0.3 is 28.8 Å². The third-order valence-corrected chi connectivity index (χ3v) is 5.92. The number of phenolic OH excluding ortho intramolecular Hbond substituents is 1. The number of ether oxygens (including phenoxy) is 3. The predicted octanol–water partition coefficient (Wildman–Crippen LogP) is 4.08. The Kier molecular flexibility index (Phi) is 5.81. The van der Waals surface area contributed by atoms with E-state index >= 15 is 0 Å². The lowest BCUT2D eigenvalue weighted by molar-refractivity contribution is -0.139. The van der Waals surface area contributed by atoms with Gasteiger partial charge in [0.25, 0.3) is 0 Å². The number of benzene rings is 3. The molecule has 0 bridgehead atoms. The van der Waals surface area contributed by atoms with Crippen LogP contribution in [0.1, 0.15) is 23.5 Å². The minimum atomic E-state index is -1.14. The number of aliphatic carboxylic acids is 1. The van der Waals surface area contributed by atoms with Crippen LogP contribution in [0.3, 0.4) is 0 Å². The fraction of sp³-hybridized carbons (Fsp3) is 0.148. The number of phenols is 1. The molecular weight excluding hydrogens is 468 g/mol. The normalized spacial score (nSPS) is 14.7. The number of fused-ring (bicyclic) bond motifs is 3. The number of carbonyl (C=O) groups excluding carboxylic acids is 1. The van der Waals surface area contributed by atoms with Crippen LogP contribution in [0.5, 0.6) is 23.0 Å². The van der Waals surface area contributed by atoms with Crippen LogP contribution in [0, 0.1) is 0 Å². The molecule has 36 heavy (non-hydrogen) atoms. The molecule has 0 spiro atoms. The zero-order valence-electron chi connectivity index (χ0n) is 19.0. The van der Waals surface area contributed by atoms with Crippen LogP contribution >= 0.6 is 0 Å². The molecule has 2 heterocycles. The van der Waals surface area contributed by atoms with Crippen molar-refractivity contribution in [2.75, 3.05) is 13.7 Å². The number of esters is 1. The van der Waals surface area contributed by atoms with Crippen molar-refractivity contribution in [3.8, 4) is 34.3 Å². The molecular formula is C27H20O9. The molecule has 182 valence electrons. The van der Waals surface area contributed by atoms with Crippen LogP contribution in [0.2, 0.25) is 0 Å². The van der Waals surface area contributed by atoms with Gasteiger partial charge in [-0.2, -0.15) is 0 Å². The Morgan fingerprint density at radius 3 is 2.56 bits per heavy atom. The van der Waals surface area contributed by atoms with Crippen molar-refractivity contribution in [1.29, 1.82) is 0 Å². The van der Waals surface area contributed by atoms with Gasteiger partial charge in [-0.25, -0.2) is 4.79 Å². The number of carboxylic acid groups (broad SMARTS) is 1. The highest BCUT2D eigenvalue weighted by molar-refractivity contribution is 5.93. The second-order valence-corrected chi connectivity index (χ2v) is 8.18. The molecule has 0 fully saturated rings. The summed E-state index contributed by atoms with van der Waals surface area (Å²) in [5, 5.41) is 19.5. The molecule has 0 saturated carbocycles. The first kappa shape index (κ1) is 23.0. The van der Waals surface area contributed by atoms with Gasteiger partial charge >= 0.3 is 11.9 Å². The smallest absolute Gasteiger partial charge is 0.341 e.